The Balaban J connectivity index is 1.45. The number of amides is 1. The van der Waals surface area contributed by atoms with Crippen LogP contribution in [0.25, 0.3) is 0 Å². The van der Waals surface area contributed by atoms with Crippen LogP contribution >= 0.6 is 0 Å². The highest BCUT2D eigenvalue weighted by molar-refractivity contribution is 5.81. The van der Waals surface area contributed by atoms with Crippen molar-refractivity contribution in [3.63, 3.8) is 0 Å². The Morgan fingerprint density at radius 2 is 2.09 bits per heavy atom. The van der Waals surface area contributed by atoms with Crippen molar-refractivity contribution >= 4 is 5.91 Å². The number of hydrogen-bond acceptors (Lipinski definition) is 5. The van der Waals surface area contributed by atoms with Crippen LogP contribution in [-0.4, -0.2) is 76.5 Å². The number of nitrogens with one attached hydrogen (secondary N) is 1. The highest BCUT2D eigenvalue weighted by Gasteiger charge is 2.45. The van der Waals surface area contributed by atoms with Gasteiger partial charge in [-0.1, -0.05) is 6.07 Å². The molecule has 0 aliphatic carbocycles. The zero-order chi connectivity index (χ0) is 22.2. The number of likely N-dealkylation sites (N-methyl/N-ethyl adjacent to an activating group) is 1. The number of nitriles is 1. The second-order valence-electron chi connectivity index (χ2n) is 9.51. The average molecular weight is 435 g/mol. The maximum atomic E-state index is 13.8. The molecule has 2 aromatic heterocycles. The van der Waals surface area contributed by atoms with Gasteiger partial charge in [-0.05, 0) is 44.1 Å². The number of pyridine rings is 1. The van der Waals surface area contributed by atoms with E-state index in [1.807, 2.05) is 29.3 Å². The summed E-state index contributed by atoms with van der Waals surface area (Å²) in [6.07, 6.45) is 3.78. The number of likely N-dealkylation sites (tertiary alicyclic amines) is 1. The Hall–Kier alpha value is -2.89. The largest absolute Gasteiger partial charge is 0.353 e. The second kappa shape index (κ2) is 8.57. The highest BCUT2D eigenvalue weighted by atomic mass is 16.2. The summed E-state index contributed by atoms with van der Waals surface area (Å²) in [5.74, 6) is 0.425. The van der Waals surface area contributed by atoms with Crippen molar-refractivity contribution in [2.24, 2.45) is 5.92 Å². The molecule has 32 heavy (non-hydrogen) atoms. The van der Waals surface area contributed by atoms with E-state index in [2.05, 4.69) is 27.9 Å². The van der Waals surface area contributed by atoms with E-state index in [4.69, 9.17) is 5.26 Å². The molecule has 0 spiro atoms. The van der Waals surface area contributed by atoms with Gasteiger partial charge in [0.05, 0.1) is 0 Å². The lowest BCUT2D eigenvalue weighted by molar-refractivity contribution is -0.138. The number of fused-ring (bicyclic) bond motifs is 4. The van der Waals surface area contributed by atoms with E-state index in [1.165, 1.54) is 0 Å². The van der Waals surface area contributed by atoms with Crippen LogP contribution in [0.3, 0.4) is 0 Å². The molecule has 2 aromatic rings. The number of carbonyl (C=O) groups excluding carboxylic acids is 1. The highest BCUT2D eigenvalue weighted by Crippen LogP contribution is 2.42. The first-order valence-corrected chi connectivity index (χ1v) is 11.5. The molecule has 0 unspecified atom stereocenters. The molecule has 168 valence electrons. The van der Waals surface area contributed by atoms with Crippen molar-refractivity contribution in [1.29, 1.82) is 5.26 Å². The SMILES string of the molecule is CN1CCCN(C(=O)[C@H]2[C@H]3C[C@H](CN(Cc4c[nH]c(C#N)c4)C3)c3cccc(=O)n32)CC1. The maximum Gasteiger partial charge on any atom is 0.251 e. The number of aromatic nitrogens is 2. The molecular formula is C24H30N6O2. The first-order valence-electron chi connectivity index (χ1n) is 11.5. The van der Waals surface area contributed by atoms with Crippen molar-refractivity contribution in [2.75, 3.05) is 46.3 Å². The van der Waals surface area contributed by atoms with Crippen molar-refractivity contribution in [2.45, 2.75) is 31.3 Å². The molecule has 8 heteroatoms. The minimum atomic E-state index is -0.443. The first kappa shape index (κ1) is 21.0. The fourth-order valence-corrected chi connectivity index (χ4v) is 5.78. The van der Waals surface area contributed by atoms with Crippen LogP contribution in [0.15, 0.2) is 35.3 Å². The van der Waals surface area contributed by atoms with Gasteiger partial charge in [-0.25, -0.2) is 0 Å². The van der Waals surface area contributed by atoms with Gasteiger partial charge >= 0.3 is 0 Å². The number of rotatable bonds is 3. The molecule has 3 aliphatic heterocycles. The Morgan fingerprint density at radius 1 is 1.22 bits per heavy atom. The van der Waals surface area contributed by atoms with Crippen LogP contribution < -0.4 is 5.56 Å². The molecule has 0 saturated carbocycles. The third-order valence-electron chi connectivity index (χ3n) is 7.28. The van der Waals surface area contributed by atoms with Crippen LogP contribution in [-0.2, 0) is 11.3 Å². The lowest BCUT2D eigenvalue weighted by Gasteiger charge is -2.47. The summed E-state index contributed by atoms with van der Waals surface area (Å²) in [5.41, 5.74) is 2.55. The van der Waals surface area contributed by atoms with E-state index in [9.17, 15) is 9.59 Å². The predicted octanol–water partition coefficient (Wildman–Crippen LogP) is 1.37. The summed E-state index contributed by atoms with van der Waals surface area (Å²) < 4.78 is 1.80. The third kappa shape index (κ3) is 3.87. The molecule has 2 bridgehead atoms. The topological polar surface area (TPSA) is 88.4 Å². The van der Waals surface area contributed by atoms with E-state index in [-0.39, 0.29) is 23.3 Å². The zero-order valence-electron chi connectivity index (χ0n) is 18.5. The molecule has 1 N–H and O–H groups in total. The van der Waals surface area contributed by atoms with Gasteiger partial charge in [0.1, 0.15) is 17.8 Å². The summed E-state index contributed by atoms with van der Waals surface area (Å²) in [4.78, 5) is 36.4. The Kier molecular flexibility index (Phi) is 5.62. The standard InChI is InChI=1S/C24H30N6O2/c1-27-6-3-7-29(9-8-27)24(32)23-19-11-18(21-4-2-5-22(31)30(21)23)15-28(16-19)14-17-10-20(12-25)26-13-17/h2,4-5,10,13,18-19,23,26H,3,6-9,11,14-16H2,1H3/t18-,19+,23-/m1/s1. The number of piperidine rings is 1. The van der Waals surface area contributed by atoms with Crippen LogP contribution in [0, 0.1) is 17.2 Å². The predicted molar refractivity (Wildman–Crippen MR) is 120 cm³/mol. The van der Waals surface area contributed by atoms with E-state index >= 15 is 0 Å². The van der Waals surface area contributed by atoms with Crippen LogP contribution in [0.4, 0.5) is 0 Å². The number of aromatic amines is 1. The summed E-state index contributed by atoms with van der Waals surface area (Å²) in [6.45, 7) is 5.67. The first-order chi connectivity index (χ1) is 15.5. The van der Waals surface area contributed by atoms with Crippen molar-refractivity contribution in [3.8, 4) is 6.07 Å². The smallest absolute Gasteiger partial charge is 0.251 e. The quantitative estimate of drug-likeness (QED) is 0.788. The van der Waals surface area contributed by atoms with Crippen LogP contribution in [0.2, 0.25) is 0 Å². The second-order valence-corrected chi connectivity index (χ2v) is 9.51. The van der Waals surface area contributed by atoms with Crippen molar-refractivity contribution in [1.82, 2.24) is 24.3 Å². The Bertz CT molecular complexity index is 1100. The Morgan fingerprint density at radius 3 is 2.91 bits per heavy atom. The average Bonchev–Trinajstić information content (AvgIpc) is 3.12. The summed E-state index contributed by atoms with van der Waals surface area (Å²) in [5, 5.41) is 9.11. The molecule has 2 saturated heterocycles. The molecular weight excluding hydrogens is 404 g/mol. The summed E-state index contributed by atoms with van der Waals surface area (Å²) in [7, 11) is 2.09. The summed E-state index contributed by atoms with van der Waals surface area (Å²) in [6, 6.07) is 9.02. The third-order valence-corrected chi connectivity index (χ3v) is 7.28. The maximum absolute atomic E-state index is 13.8. The lowest BCUT2D eigenvalue weighted by Crippen LogP contribution is -2.54. The molecule has 5 heterocycles. The summed E-state index contributed by atoms with van der Waals surface area (Å²) >= 11 is 0. The van der Waals surface area contributed by atoms with Crippen molar-refractivity contribution < 1.29 is 4.79 Å². The van der Waals surface area contributed by atoms with Gasteiger partial charge < -0.3 is 14.8 Å². The molecule has 0 aromatic carbocycles. The number of nitrogens with zero attached hydrogens (tertiary/aromatic N) is 5. The normalized spacial score (nSPS) is 26.2. The molecule has 3 atom stereocenters. The minimum absolute atomic E-state index is 0.0692. The van der Waals surface area contributed by atoms with Gasteiger partial charge in [0.25, 0.3) is 5.56 Å². The van der Waals surface area contributed by atoms with Gasteiger partial charge in [0.15, 0.2) is 0 Å². The molecule has 3 aliphatic rings. The van der Waals surface area contributed by atoms with E-state index in [0.717, 1.165) is 63.4 Å². The number of H-pyrrole nitrogens is 1. The van der Waals surface area contributed by atoms with E-state index in [1.54, 1.807) is 10.6 Å². The lowest BCUT2D eigenvalue weighted by atomic mass is 9.78. The van der Waals surface area contributed by atoms with Gasteiger partial charge in [0, 0.05) is 69.1 Å². The monoisotopic (exact) mass is 434 g/mol. The van der Waals surface area contributed by atoms with E-state index < -0.39 is 6.04 Å². The fraction of sp³-hybridized carbons (Fsp3) is 0.542. The minimum Gasteiger partial charge on any atom is -0.353 e. The Labute approximate surface area is 188 Å². The van der Waals surface area contributed by atoms with Crippen molar-refractivity contribution in [3.05, 3.63) is 57.8 Å². The van der Waals surface area contributed by atoms with Gasteiger partial charge in [-0.2, -0.15) is 5.26 Å². The zero-order valence-corrected chi connectivity index (χ0v) is 18.5. The molecule has 8 nitrogen and oxygen atoms in total. The molecule has 5 rings (SSSR count). The molecule has 1 amide bonds. The van der Waals surface area contributed by atoms with Crippen LogP contribution in [0.1, 0.15) is 41.8 Å². The molecule has 0 radical (unpaired) electrons. The van der Waals surface area contributed by atoms with Gasteiger partial charge in [-0.3, -0.25) is 19.1 Å². The van der Waals surface area contributed by atoms with Gasteiger partial charge in [0.2, 0.25) is 5.91 Å². The van der Waals surface area contributed by atoms with E-state index in [0.29, 0.717) is 12.2 Å². The number of carbonyl (C=O) groups is 1. The van der Waals surface area contributed by atoms with Crippen LogP contribution in [0.5, 0.6) is 0 Å². The molecule has 2 fully saturated rings. The fourth-order valence-electron chi connectivity index (χ4n) is 5.78. The van der Waals surface area contributed by atoms with Gasteiger partial charge in [-0.15, -0.1) is 0 Å². The number of hydrogen-bond donors (Lipinski definition) is 1.